The largest absolute Gasteiger partial charge is 1.00 e. The quantitative estimate of drug-likeness (QED) is 0.540. The maximum atomic E-state index is 12.9. The van der Waals surface area contributed by atoms with Crippen LogP contribution >= 0.6 is 0 Å². The second kappa shape index (κ2) is 9.90. The molecule has 1 aromatic carbocycles. The molecule has 1 aromatic rings. The molecule has 1 heterocycles. The predicted molar refractivity (Wildman–Crippen MR) is 102 cm³/mol. The van der Waals surface area contributed by atoms with Crippen molar-refractivity contribution in [2.45, 2.75) is 39.6 Å². The molecule has 0 radical (unpaired) electrons. The number of rotatable bonds is 3. The number of terminal acetylenes is 1. The molecule has 1 aliphatic rings. The Morgan fingerprint density at radius 3 is 2.25 bits per heavy atom. The first-order valence-corrected chi connectivity index (χ1v) is 8.93. The van der Waals surface area contributed by atoms with Crippen LogP contribution in [0.3, 0.4) is 0 Å². The summed E-state index contributed by atoms with van der Waals surface area (Å²) in [5, 5.41) is 0. The number of hydrogen-bond donors (Lipinski definition) is 0. The summed E-state index contributed by atoms with van der Waals surface area (Å²) in [6.45, 7) is 4.04. The maximum Gasteiger partial charge on any atom is 1.00 e. The van der Waals surface area contributed by atoms with E-state index >= 15 is 0 Å². The molecule has 0 aromatic heterocycles. The third-order valence-corrected chi connectivity index (χ3v) is 4.38. The van der Waals surface area contributed by atoms with E-state index in [1.54, 1.807) is 38.7 Å². The molecule has 0 aliphatic carbocycles. The number of carbonyl (C=O) groups is 1. The second-order valence-corrected chi connectivity index (χ2v) is 7.79. The summed E-state index contributed by atoms with van der Waals surface area (Å²) in [6, 6.07) is 3.18. The third kappa shape index (κ3) is 7.30. The smallest absolute Gasteiger partial charge is 0.449 e. The zero-order valence-corrected chi connectivity index (χ0v) is 20.3. The first kappa shape index (κ1) is 25.4. The molecule has 2 rings (SSSR count). The minimum atomic E-state index is -4.95. The molecule has 0 saturated carbocycles. The molecule has 0 unspecified atom stereocenters. The summed E-state index contributed by atoms with van der Waals surface area (Å²) in [7, 11) is 0. The van der Waals surface area contributed by atoms with Crippen LogP contribution in [-0.4, -0.2) is 49.8 Å². The predicted octanol–water partition coefficient (Wildman–Crippen LogP) is 0.967. The standard InChI is InChI=1S/C19H25BF3N2O2.K/c1-6-15-11-16(13-20(21,22)23)14(2)17(12-15)24-7-9-25(10-8-24)18(26)27-19(3,4)5;/h1,11-12H,7-10,13H2,2-5H3;/q-1;+1. The molecule has 9 heteroatoms. The van der Waals surface area contributed by atoms with E-state index in [-0.39, 0.29) is 63.0 Å². The second-order valence-electron chi connectivity index (χ2n) is 7.79. The van der Waals surface area contributed by atoms with Crippen LogP contribution in [0.2, 0.25) is 0 Å². The molecule has 1 amide bonds. The van der Waals surface area contributed by atoms with Crippen molar-refractivity contribution in [1.82, 2.24) is 4.90 Å². The topological polar surface area (TPSA) is 32.8 Å². The van der Waals surface area contributed by atoms with E-state index in [1.165, 1.54) is 6.07 Å². The molecule has 0 spiro atoms. The van der Waals surface area contributed by atoms with Crippen LogP contribution in [-0.2, 0) is 11.1 Å². The van der Waals surface area contributed by atoms with Gasteiger partial charge < -0.3 is 27.5 Å². The summed E-state index contributed by atoms with van der Waals surface area (Å²) >= 11 is 0. The number of nitrogens with zero attached hydrogens (tertiary/aromatic N) is 2. The van der Waals surface area contributed by atoms with Crippen LogP contribution in [0.1, 0.15) is 37.5 Å². The molecule has 0 atom stereocenters. The Morgan fingerprint density at radius 1 is 1.21 bits per heavy atom. The van der Waals surface area contributed by atoms with Crippen molar-refractivity contribution in [2.24, 2.45) is 0 Å². The van der Waals surface area contributed by atoms with Crippen molar-refractivity contribution >= 4 is 18.8 Å². The van der Waals surface area contributed by atoms with Gasteiger partial charge in [0, 0.05) is 37.4 Å². The first-order valence-electron chi connectivity index (χ1n) is 8.93. The van der Waals surface area contributed by atoms with Crippen LogP contribution < -0.4 is 56.3 Å². The van der Waals surface area contributed by atoms with Gasteiger partial charge in [-0.25, -0.2) is 4.79 Å². The Morgan fingerprint density at radius 2 is 1.79 bits per heavy atom. The number of hydrogen-bond acceptors (Lipinski definition) is 3. The number of amides is 1. The van der Waals surface area contributed by atoms with Gasteiger partial charge in [-0.3, -0.25) is 0 Å². The monoisotopic (exact) mass is 420 g/mol. The maximum absolute atomic E-state index is 12.9. The molecule has 1 aliphatic heterocycles. The van der Waals surface area contributed by atoms with Gasteiger partial charge in [0.2, 0.25) is 0 Å². The number of ether oxygens (including phenoxy) is 1. The Hall–Kier alpha value is -0.659. The van der Waals surface area contributed by atoms with Crippen LogP contribution in [0.5, 0.6) is 0 Å². The zero-order valence-electron chi connectivity index (χ0n) is 17.2. The van der Waals surface area contributed by atoms with Crippen molar-refractivity contribution in [3.05, 3.63) is 28.8 Å². The fourth-order valence-corrected chi connectivity index (χ4v) is 3.09. The van der Waals surface area contributed by atoms with Crippen molar-refractivity contribution < 1.29 is 73.9 Å². The summed E-state index contributed by atoms with van der Waals surface area (Å²) in [5.41, 5.74) is 1.35. The van der Waals surface area contributed by atoms with Crippen molar-refractivity contribution in [3.63, 3.8) is 0 Å². The van der Waals surface area contributed by atoms with Gasteiger partial charge in [0.1, 0.15) is 5.60 Å². The first-order chi connectivity index (χ1) is 12.4. The fourth-order valence-electron chi connectivity index (χ4n) is 3.09. The van der Waals surface area contributed by atoms with Gasteiger partial charge >= 0.3 is 64.5 Å². The van der Waals surface area contributed by atoms with E-state index in [1.807, 2.05) is 4.90 Å². The number of piperazine rings is 1. The van der Waals surface area contributed by atoms with Gasteiger partial charge in [-0.05, 0) is 45.4 Å². The Labute approximate surface area is 207 Å². The van der Waals surface area contributed by atoms with Crippen molar-refractivity contribution in [1.29, 1.82) is 0 Å². The SMILES string of the molecule is C#Cc1cc(C[B-](F)(F)F)c(C)c(N2CCN(C(=O)OC(C)(C)C)CC2)c1.[K+]. The Bertz CT molecular complexity index is 749. The molecular formula is C19H25BF3KN2O2. The van der Waals surface area contributed by atoms with Gasteiger partial charge in [0.05, 0.1) is 0 Å². The number of carbonyl (C=O) groups excluding carboxylic acids is 1. The van der Waals surface area contributed by atoms with Crippen LogP contribution in [0.25, 0.3) is 0 Å². The van der Waals surface area contributed by atoms with Gasteiger partial charge in [0.15, 0.2) is 0 Å². The molecule has 28 heavy (non-hydrogen) atoms. The number of anilines is 1. The molecule has 4 nitrogen and oxygen atoms in total. The normalized spacial score (nSPS) is 14.9. The summed E-state index contributed by atoms with van der Waals surface area (Å²) in [4.78, 5) is 15.8. The number of halogens is 3. The third-order valence-electron chi connectivity index (χ3n) is 4.38. The van der Waals surface area contributed by atoms with E-state index in [2.05, 4.69) is 5.92 Å². The Balaban J connectivity index is 0.00000392. The zero-order chi connectivity index (χ0) is 20.4. The minimum absolute atomic E-state index is 0. The van der Waals surface area contributed by atoms with Crippen LogP contribution in [0.15, 0.2) is 12.1 Å². The van der Waals surface area contributed by atoms with Gasteiger partial charge in [-0.1, -0.05) is 17.8 Å². The van der Waals surface area contributed by atoms with Crippen LogP contribution in [0.4, 0.5) is 23.4 Å². The van der Waals surface area contributed by atoms with Crippen LogP contribution in [0, 0.1) is 19.3 Å². The van der Waals surface area contributed by atoms with Gasteiger partial charge in [-0.2, -0.15) is 0 Å². The van der Waals surface area contributed by atoms with E-state index in [0.717, 1.165) is 0 Å². The van der Waals surface area contributed by atoms with E-state index in [4.69, 9.17) is 11.2 Å². The van der Waals surface area contributed by atoms with Gasteiger partial charge in [0.25, 0.3) is 0 Å². The summed E-state index contributed by atoms with van der Waals surface area (Å²) in [6.07, 6.45) is 4.11. The molecule has 1 saturated heterocycles. The molecule has 0 bridgehead atoms. The average molecular weight is 420 g/mol. The van der Waals surface area contributed by atoms with Gasteiger partial charge in [-0.15, -0.1) is 6.42 Å². The molecule has 1 fully saturated rings. The van der Waals surface area contributed by atoms with Crippen molar-refractivity contribution in [3.8, 4) is 12.3 Å². The minimum Gasteiger partial charge on any atom is -0.449 e. The molecule has 148 valence electrons. The molecular weight excluding hydrogens is 395 g/mol. The number of benzene rings is 1. The summed E-state index contributed by atoms with van der Waals surface area (Å²) in [5.74, 6) is 2.44. The van der Waals surface area contributed by atoms with E-state index in [0.29, 0.717) is 43.0 Å². The fraction of sp³-hybridized carbons (Fsp3) is 0.526. The van der Waals surface area contributed by atoms with E-state index < -0.39 is 18.9 Å². The van der Waals surface area contributed by atoms with Crippen molar-refractivity contribution in [2.75, 3.05) is 31.1 Å². The van der Waals surface area contributed by atoms with E-state index in [9.17, 15) is 17.7 Å². The summed E-state index contributed by atoms with van der Waals surface area (Å²) < 4.78 is 44.2. The average Bonchev–Trinajstić information content (AvgIpc) is 2.54. The molecule has 0 N–H and O–H groups in total. The Kier molecular flexibility index (Phi) is 8.97.